The summed E-state index contributed by atoms with van der Waals surface area (Å²) in [5.74, 6) is 5.27. The minimum absolute atomic E-state index is 0.109. The summed E-state index contributed by atoms with van der Waals surface area (Å²) in [5, 5.41) is 0. The van der Waals surface area contributed by atoms with Crippen LogP contribution in [0.5, 0.6) is 0 Å². The molecule has 1 unspecified atom stereocenters. The van der Waals surface area contributed by atoms with Crippen LogP contribution in [0.25, 0.3) is 0 Å². The Bertz CT molecular complexity index is 361. The van der Waals surface area contributed by atoms with Gasteiger partial charge in [-0.05, 0) is 30.5 Å². The van der Waals surface area contributed by atoms with Crippen molar-refractivity contribution in [1.29, 1.82) is 0 Å². The van der Waals surface area contributed by atoms with Crippen LogP contribution in [0, 0.1) is 12.7 Å². The lowest BCUT2D eigenvalue weighted by Gasteiger charge is -2.16. The first-order valence-electron chi connectivity index (χ1n) is 5.98. The average molecular weight is 256 g/mol. The fourth-order valence-corrected chi connectivity index (χ4v) is 1.62. The predicted octanol–water partition coefficient (Wildman–Crippen LogP) is 1.69. The van der Waals surface area contributed by atoms with Crippen LogP contribution in [0.1, 0.15) is 23.6 Å². The SMILES string of the molecule is COCCOCCC(NN)c1ccc(C)c(F)c1. The summed E-state index contributed by atoms with van der Waals surface area (Å²) in [6.45, 7) is 3.40. The Morgan fingerprint density at radius 3 is 2.72 bits per heavy atom. The van der Waals surface area contributed by atoms with Gasteiger partial charge in [-0.3, -0.25) is 11.3 Å². The highest BCUT2D eigenvalue weighted by atomic mass is 19.1. The molecule has 5 heteroatoms. The molecule has 0 amide bonds. The zero-order valence-electron chi connectivity index (χ0n) is 10.9. The van der Waals surface area contributed by atoms with E-state index in [0.717, 1.165) is 5.56 Å². The van der Waals surface area contributed by atoms with Gasteiger partial charge in [-0.15, -0.1) is 0 Å². The van der Waals surface area contributed by atoms with Crippen molar-refractivity contribution in [3.05, 3.63) is 35.1 Å². The molecule has 4 nitrogen and oxygen atoms in total. The van der Waals surface area contributed by atoms with Gasteiger partial charge in [0.15, 0.2) is 0 Å². The summed E-state index contributed by atoms with van der Waals surface area (Å²) in [6.07, 6.45) is 0.683. The zero-order valence-corrected chi connectivity index (χ0v) is 10.9. The van der Waals surface area contributed by atoms with Crippen molar-refractivity contribution < 1.29 is 13.9 Å². The maximum absolute atomic E-state index is 13.4. The first-order chi connectivity index (χ1) is 8.69. The molecule has 1 aromatic rings. The molecule has 0 saturated carbocycles. The Labute approximate surface area is 107 Å². The minimum Gasteiger partial charge on any atom is -0.382 e. The van der Waals surface area contributed by atoms with Gasteiger partial charge in [-0.25, -0.2) is 4.39 Å². The number of halogens is 1. The molecule has 1 rings (SSSR count). The van der Waals surface area contributed by atoms with E-state index in [0.29, 0.717) is 31.8 Å². The fraction of sp³-hybridized carbons (Fsp3) is 0.538. The molecule has 3 N–H and O–H groups in total. The van der Waals surface area contributed by atoms with E-state index in [1.54, 1.807) is 20.1 Å². The van der Waals surface area contributed by atoms with E-state index in [-0.39, 0.29) is 11.9 Å². The molecule has 0 aliphatic carbocycles. The Balaban J connectivity index is 2.47. The summed E-state index contributed by atoms with van der Waals surface area (Å²) in [5.41, 5.74) is 4.14. The molecular formula is C13H21FN2O2. The molecule has 0 spiro atoms. The quantitative estimate of drug-likeness (QED) is 0.422. The average Bonchev–Trinajstić information content (AvgIpc) is 2.37. The lowest BCUT2D eigenvalue weighted by molar-refractivity contribution is 0.0657. The van der Waals surface area contributed by atoms with Crippen LogP contribution in [0.3, 0.4) is 0 Å². The third kappa shape index (κ3) is 4.70. The van der Waals surface area contributed by atoms with Crippen LogP contribution in [-0.2, 0) is 9.47 Å². The second-order valence-corrected chi connectivity index (χ2v) is 4.12. The van der Waals surface area contributed by atoms with Gasteiger partial charge in [0.1, 0.15) is 5.82 Å². The van der Waals surface area contributed by atoms with Gasteiger partial charge >= 0.3 is 0 Å². The molecule has 0 fully saturated rings. The minimum atomic E-state index is -0.215. The highest BCUT2D eigenvalue weighted by Crippen LogP contribution is 2.18. The molecule has 0 heterocycles. The van der Waals surface area contributed by atoms with Crippen LogP contribution in [0.15, 0.2) is 18.2 Å². The number of benzene rings is 1. The lowest BCUT2D eigenvalue weighted by Crippen LogP contribution is -2.29. The summed E-state index contributed by atoms with van der Waals surface area (Å²) >= 11 is 0. The smallest absolute Gasteiger partial charge is 0.126 e. The topological polar surface area (TPSA) is 56.5 Å². The number of nitrogens with one attached hydrogen (secondary N) is 1. The van der Waals surface area contributed by atoms with E-state index in [1.807, 2.05) is 6.07 Å². The van der Waals surface area contributed by atoms with Gasteiger partial charge in [0.25, 0.3) is 0 Å². The molecule has 0 aliphatic rings. The number of rotatable bonds is 8. The van der Waals surface area contributed by atoms with Gasteiger partial charge in [-0.1, -0.05) is 12.1 Å². The summed E-state index contributed by atoms with van der Waals surface area (Å²) in [6, 6.07) is 5.02. The molecule has 1 atom stereocenters. The molecule has 0 aliphatic heterocycles. The van der Waals surface area contributed by atoms with Gasteiger partial charge < -0.3 is 9.47 Å². The van der Waals surface area contributed by atoms with Gasteiger partial charge in [0.2, 0.25) is 0 Å². The van der Waals surface area contributed by atoms with Gasteiger partial charge in [-0.2, -0.15) is 0 Å². The lowest BCUT2D eigenvalue weighted by atomic mass is 10.0. The normalized spacial score (nSPS) is 12.7. The summed E-state index contributed by atoms with van der Waals surface area (Å²) in [4.78, 5) is 0. The molecule has 0 radical (unpaired) electrons. The maximum atomic E-state index is 13.4. The molecular weight excluding hydrogens is 235 g/mol. The van der Waals surface area contributed by atoms with Crippen LogP contribution in [0.2, 0.25) is 0 Å². The van der Waals surface area contributed by atoms with Crippen molar-refractivity contribution in [2.24, 2.45) is 5.84 Å². The largest absolute Gasteiger partial charge is 0.382 e. The van der Waals surface area contributed by atoms with Crippen LogP contribution >= 0.6 is 0 Å². The van der Waals surface area contributed by atoms with Crippen LogP contribution in [-0.4, -0.2) is 26.9 Å². The van der Waals surface area contributed by atoms with Crippen molar-refractivity contribution >= 4 is 0 Å². The number of aryl methyl sites for hydroxylation is 1. The van der Waals surface area contributed by atoms with E-state index < -0.39 is 0 Å². The Morgan fingerprint density at radius 2 is 2.11 bits per heavy atom. The van der Waals surface area contributed by atoms with Crippen LogP contribution < -0.4 is 11.3 Å². The van der Waals surface area contributed by atoms with E-state index >= 15 is 0 Å². The van der Waals surface area contributed by atoms with E-state index in [9.17, 15) is 4.39 Å². The van der Waals surface area contributed by atoms with Gasteiger partial charge in [0, 0.05) is 19.8 Å². The van der Waals surface area contributed by atoms with Crippen molar-refractivity contribution in [3.8, 4) is 0 Å². The number of hydrazine groups is 1. The summed E-state index contributed by atoms with van der Waals surface area (Å²) < 4.78 is 23.7. The van der Waals surface area contributed by atoms with E-state index in [1.165, 1.54) is 6.07 Å². The Morgan fingerprint density at radius 1 is 1.33 bits per heavy atom. The highest BCUT2D eigenvalue weighted by Gasteiger charge is 2.11. The fourth-order valence-electron chi connectivity index (χ4n) is 1.62. The van der Waals surface area contributed by atoms with Crippen molar-refractivity contribution in [3.63, 3.8) is 0 Å². The maximum Gasteiger partial charge on any atom is 0.126 e. The van der Waals surface area contributed by atoms with Crippen molar-refractivity contribution in [2.45, 2.75) is 19.4 Å². The summed E-state index contributed by atoms with van der Waals surface area (Å²) in [7, 11) is 1.63. The number of methoxy groups -OCH3 is 1. The molecule has 0 saturated heterocycles. The first kappa shape index (κ1) is 15.0. The molecule has 18 heavy (non-hydrogen) atoms. The Hall–Kier alpha value is -1.01. The zero-order chi connectivity index (χ0) is 13.4. The van der Waals surface area contributed by atoms with Gasteiger partial charge in [0.05, 0.1) is 13.2 Å². The van der Waals surface area contributed by atoms with Crippen molar-refractivity contribution in [2.75, 3.05) is 26.9 Å². The van der Waals surface area contributed by atoms with E-state index in [4.69, 9.17) is 15.3 Å². The first-order valence-corrected chi connectivity index (χ1v) is 5.98. The van der Waals surface area contributed by atoms with E-state index in [2.05, 4.69) is 5.43 Å². The molecule has 1 aromatic carbocycles. The molecule has 0 aromatic heterocycles. The highest BCUT2D eigenvalue weighted by molar-refractivity contribution is 5.25. The number of hydrogen-bond donors (Lipinski definition) is 2. The molecule has 102 valence electrons. The third-order valence-electron chi connectivity index (χ3n) is 2.78. The second-order valence-electron chi connectivity index (χ2n) is 4.12. The third-order valence-corrected chi connectivity index (χ3v) is 2.78. The second kappa shape index (κ2) is 8.16. The monoisotopic (exact) mass is 256 g/mol. The Kier molecular flexibility index (Phi) is 6.82. The number of nitrogens with two attached hydrogens (primary N) is 1. The standard InChI is InChI=1S/C13H21FN2O2/c1-10-3-4-11(9-12(10)14)13(16-15)5-6-18-8-7-17-2/h3-4,9,13,16H,5-8,15H2,1-2H3. The number of ether oxygens (including phenoxy) is 2. The number of hydrogen-bond acceptors (Lipinski definition) is 4. The van der Waals surface area contributed by atoms with Crippen LogP contribution in [0.4, 0.5) is 4.39 Å². The van der Waals surface area contributed by atoms with Crippen molar-refractivity contribution in [1.82, 2.24) is 5.43 Å². The molecule has 0 bridgehead atoms. The predicted molar refractivity (Wildman–Crippen MR) is 68.5 cm³/mol.